The summed E-state index contributed by atoms with van der Waals surface area (Å²) >= 11 is 0. The molecule has 0 aliphatic heterocycles. The molecule has 0 atom stereocenters. The highest BCUT2D eigenvalue weighted by Gasteiger charge is 2.65. The fourth-order valence-corrected chi connectivity index (χ4v) is 1.71. The Morgan fingerprint density at radius 2 is 1.38 bits per heavy atom. The molecule has 1 rings (SSSR count). The van der Waals surface area contributed by atoms with E-state index in [9.17, 15) is 19.4 Å². The summed E-state index contributed by atoms with van der Waals surface area (Å²) in [6, 6.07) is 1.27. The van der Waals surface area contributed by atoms with Gasteiger partial charge in [-0.15, -0.1) is 0 Å². The maximum atomic E-state index is 12.4. The van der Waals surface area contributed by atoms with Gasteiger partial charge in [0.1, 0.15) is 4.90 Å². The minimum Gasteiger partial charge on any atom is -0.493 e. The lowest BCUT2D eigenvalue weighted by atomic mass is 10.3. The number of rotatable bonds is 3. The van der Waals surface area contributed by atoms with Crippen molar-refractivity contribution in [2.24, 2.45) is 0 Å². The Bertz CT molecular complexity index is 413. The van der Waals surface area contributed by atoms with Crippen LogP contribution in [0.15, 0.2) is 23.1 Å². The minimum atomic E-state index is -9.66. The van der Waals surface area contributed by atoms with Crippen LogP contribution in [0.25, 0.3) is 0 Å². The van der Waals surface area contributed by atoms with Crippen molar-refractivity contribution < 1.29 is 28.9 Å². The van der Waals surface area contributed by atoms with Crippen molar-refractivity contribution in [1.82, 2.24) is 0 Å². The Kier molecular flexibility index (Phi) is 2.36. The second-order valence-corrected chi connectivity index (χ2v) is 5.40. The largest absolute Gasteiger partial charge is 0.493 e. The predicted octanol–water partition coefficient (Wildman–Crippen LogP) is 4.36. The van der Waals surface area contributed by atoms with E-state index in [1.165, 1.54) is 7.11 Å². The van der Waals surface area contributed by atoms with Gasteiger partial charge in [0.25, 0.3) is 0 Å². The minimum absolute atomic E-state index is 0.0481. The van der Waals surface area contributed by atoms with Crippen LogP contribution in [0.1, 0.15) is 0 Å². The molecule has 94 valence electrons. The zero-order valence-electron chi connectivity index (χ0n) is 8.35. The molecule has 0 unspecified atom stereocenters. The van der Waals surface area contributed by atoms with Crippen LogP contribution in [0.4, 0.5) is 19.4 Å². The molecule has 0 aromatic heterocycles. The average molecular weight is 264 g/mol. The Morgan fingerprint density at radius 3 is 1.75 bits per heavy atom. The maximum Gasteiger partial charge on any atom is 0.310 e. The molecule has 0 heterocycles. The summed E-state index contributed by atoms with van der Waals surface area (Å²) in [4.78, 5) is -2.00. The van der Waals surface area contributed by atoms with Crippen molar-refractivity contribution in [3.63, 3.8) is 0 Å². The Labute approximate surface area is 88.7 Å². The van der Waals surface area contributed by atoms with Crippen molar-refractivity contribution in [2.45, 2.75) is 4.90 Å². The zero-order chi connectivity index (χ0) is 12.7. The van der Waals surface area contributed by atoms with Gasteiger partial charge < -0.3 is 9.47 Å². The summed E-state index contributed by atoms with van der Waals surface area (Å²) in [6.07, 6.45) is 0. The van der Waals surface area contributed by atoms with Gasteiger partial charge in [-0.05, 0) is 12.1 Å². The molecular weight excluding hydrogens is 255 g/mol. The Balaban J connectivity index is 3.42. The second kappa shape index (κ2) is 2.93. The van der Waals surface area contributed by atoms with Gasteiger partial charge in [-0.3, -0.25) is 0 Å². The molecule has 8 heteroatoms. The van der Waals surface area contributed by atoms with Crippen LogP contribution in [-0.2, 0) is 0 Å². The molecule has 2 nitrogen and oxygen atoms in total. The molecule has 0 amide bonds. The Hall–Kier alpha value is -1.18. The van der Waals surface area contributed by atoms with Gasteiger partial charge in [-0.25, -0.2) is 0 Å². The van der Waals surface area contributed by atoms with Crippen LogP contribution >= 0.6 is 10.2 Å². The number of ether oxygens (including phenoxy) is 2. The van der Waals surface area contributed by atoms with E-state index in [-0.39, 0.29) is 17.9 Å². The van der Waals surface area contributed by atoms with E-state index in [2.05, 4.69) is 9.47 Å². The van der Waals surface area contributed by atoms with Crippen LogP contribution in [0, 0.1) is 0 Å². The summed E-state index contributed by atoms with van der Waals surface area (Å²) in [6.45, 7) is 0. The first-order valence-electron chi connectivity index (χ1n) is 3.94. The molecule has 0 bridgehead atoms. The third-order valence-corrected chi connectivity index (χ3v) is 2.95. The summed E-state index contributed by atoms with van der Waals surface area (Å²) in [7, 11) is -7.40. The number of methoxy groups -OCH3 is 2. The monoisotopic (exact) mass is 264 g/mol. The van der Waals surface area contributed by atoms with Gasteiger partial charge in [0.05, 0.1) is 14.2 Å². The van der Waals surface area contributed by atoms with Crippen LogP contribution in [0.5, 0.6) is 11.5 Å². The molecule has 0 aliphatic rings. The number of hydrogen-bond donors (Lipinski definition) is 0. The van der Waals surface area contributed by atoms with E-state index in [0.29, 0.717) is 0 Å². The molecule has 0 aliphatic carbocycles. The fraction of sp³-hybridized carbons (Fsp3) is 0.250. The molecule has 1 aromatic carbocycles. The highest BCUT2D eigenvalue weighted by atomic mass is 32.5. The molecular formula is C8H9F5O2S. The Morgan fingerprint density at radius 1 is 0.875 bits per heavy atom. The first-order chi connectivity index (χ1) is 6.97. The number of halogens is 5. The molecule has 1 aromatic rings. The van der Waals surface area contributed by atoms with Crippen LogP contribution < -0.4 is 9.47 Å². The molecule has 0 saturated carbocycles. The van der Waals surface area contributed by atoms with Gasteiger partial charge >= 0.3 is 10.2 Å². The highest BCUT2D eigenvalue weighted by molar-refractivity contribution is 8.45. The van der Waals surface area contributed by atoms with Crippen molar-refractivity contribution >= 4 is 10.2 Å². The lowest BCUT2D eigenvalue weighted by Crippen LogP contribution is -2.06. The van der Waals surface area contributed by atoms with E-state index in [4.69, 9.17) is 0 Å². The molecule has 0 fully saturated rings. The number of hydrogen-bond acceptors (Lipinski definition) is 2. The van der Waals surface area contributed by atoms with Gasteiger partial charge in [0, 0.05) is 6.07 Å². The van der Waals surface area contributed by atoms with Crippen molar-refractivity contribution in [2.75, 3.05) is 14.2 Å². The third kappa shape index (κ3) is 2.69. The van der Waals surface area contributed by atoms with Crippen molar-refractivity contribution in [3.8, 4) is 11.5 Å². The molecule has 0 saturated heterocycles. The van der Waals surface area contributed by atoms with Crippen LogP contribution in [-0.4, -0.2) is 14.2 Å². The summed E-state index contributed by atoms with van der Waals surface area (Å²) in [5, 5.41) is 0. The lowest BCUT2D eigenvalue weighted by molar-refractivity contribution is 0.346. The van der Waals surface area contributed by atoms with Crippen molar-refractivity contribution in [1.29, 1.82) is 0 Å². The summed E-state index contributed by atoms with van der Waals surface area (Å²) < 4.78 is 71.2. The van der Waals surface area contributed by atoms with E-state index in [1.807, 2.05) is 0 Å². The first-order valence-corrected chi connectivity index (χ1v) is 5.89. The van der Waals surface area contributed by atoms with Crippen molar-refractivity contribution in [3.05, 3.63) is 18.2 Å². The maximum absolute atomic E-state index is 12.4. The summed E-state index contributed by atoms with van der Waals surface area (Å²) in [5.74, 6) is -0.443. The fourth-order valence-electron chi connectivity index (χ4n) is 1.06. The topological polar surface area (TPSA) is 18.5 Å². The quantitative estimate of drug-likeness (QED) is 0.755. The van der Waals surface area contributed by atoms with Gasteiger partial charge in [0.2, 0.25) is 0 Å². The molecule has 16 heavy (non-hydrogen) atoms. The van der Waals surface area contributed by atoms with Gasteiger partial charge in [-0.1, -0.05) is 19.4 Å². The first kappa shape index (κ1) is 12.9. The molecule has 0 spiro atoms. The smallest absolute Gasteiger partial charge is 0.310 e. The third-order valence-electron chi connectivity index (χ3n) is 1.80. The summed E-state index contributed by atoms with van der Waals surface area (Å²) in [5.41, 5.74) is 0. The zero-order valence-corrected chi connectivity index (χ0v) is 9.16. The number of benzene rings is 1. The van der Waals surface area contributed by atoms with Crippen LogP contribution in [0.3, 0.4) is 0 Å². The average Bonchev–Trinajstić information content (AvgIpc) is 2.13. The van der Waals surface area contributed by atoms with Crippen LogP contribution in [0.2, 0.25) is 0 Å². The SMILES string of the molecule is COc1ccc(S(F)(F)(F)(F)F)cc1OC. The second-order valence-electron chi connectivity index (χ2n) is 2.99. The van der Waals surface area contributed by atoms with E-state index < -0.39 is 20.9 Å². The van der Waals surface area contributed by atoms with E-state index in [0.717, 1.165) is 13.2 Å². The normalized spacial score (nSPS) is 16.2. The molecule has 0 radical (unpaired) electrons. The van der Waals surface area contributed by atoms with E-state index >= 15 is 0 Å². The van der Waals surface area contributed by atoms with Gasteiger partial charge in [0.15, 0.2) is 11.5 Å². The standard InChI is InChI=1S/C8H9F5O2S/c1-14-7-4-3-6(5-8(7)15-2)16(9,10,11,12)13/h3-5H,1-2H3. The lowest BCUT2D eigenvalue weighted by Gasteiger charge is -2.40. The predicted molar refractivity (Wildman–Crippen MR) is 50.9 cm³/mol. The van der Waals surface area contributed by atoms with Gasteiger partial charge in [-0.2, -0.15) is 0 Å². The highest BCUT2D eigenvalue weighted by Crippen LogP contribution is 3.02. The van der Waals surface area contributed by atoms with E-state index in [1.54, 1.807) is 0 Å². The molecule has 0 N–H and O–H groups in total.